The molecule has 40 heavy (non-hydrogen) atoms. The van der Waals surface area contributed by atoms with E-state index < -0.39 is 46.6 Å². The average Bonchev–Trinajstić information content (AvgIpc) is 3.09. The van der Waals surface area contributed by atoms with Crippen molar-refractivity contribution in [1.29, 1.82) is 0 Å². The van der Waals surface area contributed by atoms with Gasteiger partial charge in [-0.25, -0.2) is 22.4 Å². The van der Waals surface area contributed by atoms with Crippen LogP contribution in [-0.2, 0) is 10.4 Å². The molecule has 10 heteroatoms. The molecule has 1 aliphatic heterocycles. The Balaban J connectivity index is 1.57. The number of carbonyl (C=O) groups is 1. The van der Waals surface area contributed by atoms with Crippen LogP contribution in [0.3, 0.4) is 0 Å². The molecule has 2 N–H and O–H groups in total. The molecule has 0 bridgehead atoms. The molecule has 1 saturated carbocycles. The number of benzene rings is 3. The van der Waals surface area contributed by atoms with Crippen molar-refractivity contribution in [2.45, 2.75) is 44.2 Å². The quantitative estimate of drug-likeness (QED) is 0.169. The molecule has 5 rings (SSSR count). The molecule has 5 nitrogen and oxygen atoms in total. The maximum atomic E-state index is 15.0. The van der Waals surface area contributed by atoms with Crippen LogP contribution in [0.15, 0.2) is 48.5 Å². The average molecular weight is 577 g/mol. The van der Waals surface area contributed by atoms with Gasteiger partial charge in [-0.2, -0.15) is 0 Å². The van der Waals surface area contributed by atoms with E-state index in [0.29, 0.717) is 22.0 Å². The lowest BCUT2D eigenvalue weighted by molar-refractivity contribution is 0.0599. The molecule has 0 saturated heterocycles. The Morgan fingerprint density at radius 1 is 0.900 bits per heavy atom. The van der Waals surface area contributed by atoms with Gasteiger partial charge in [-0.1, -0.05) is 49.4 Å². The van der Waals surface area contributed by atoms with Gasteiger partial charge < -0.3 is 20.1 Å². The van der Waals surface area contributed by atoms with E-state index >= 15 is 8.78 Å². The van der Waals surface area contributed by atoms with E-state index in [0.717, 1.165) is 69.9 Å². The fourth-order valence-corrected chi connectivity index (χ4v) is 6.03. The van der Waals surface area contributed by atoms with Crippen LogP contribution in [0.25, 0.3) is 0 Å². The second kappa shape index (κ2) is 11.6. The summed E-state index contributed by atoms with van der Waals surface area (Å²) < 4.78 is 69.0. The first-order valence-corrected chi connectivity index (χ1v) is 13.6. The summed E-state index contributed by atoms with van der Waals surface area (Å²) in [5.41, 5.74) is 0.0101. The van der Waals surface area contributed by atoms with Crippen molar-refractivity contribution < 1.29 is 31.8 Å². The number of esters is 1. The molecular weight excluding hydrogens is 548 g/mol. The van der Waals surface area contributed by atoms with Crippen molar-refractivity contribution in [3.63, 3.8) is 0 Å². The predicted molar refractivity (Wildman–Crippen MR) is 145 cm³/mol. The van der Waals surface area contributed by atoms with Gasteiger partial charge in [0, 0.05) is 23.1 Å². The van der Waals surface area contributed by atoms with Gasteiger partial charge in [0.25, 0.3) is 0 Å². The van der Waals surface area contributed by atoms with E-state index in [9.17, 15) is 13.6 Å². The summed E-state index contributed by atoms with van der Waals surface area (Å²) in [5.74, 6) is -6.01. The maximum absolute atomic E-state index is 15.0. The van der Waals surface area contributed by atoms with Crippen molar-refractivity contribution >= 4 is 28.9 Å². The largest absolute Gasteiger partial charge is 0.487 e. The van der Waals surface area contributed by atoms with Gasteiger partial charge in [0.1, 0.15) is 5.66 Å². The SMILES string of the molecule is COC(=O)c1cc(F)c(OCC(C2CCCCCC2)C2(c3ccc(Cl)cc3)Nc3cc(F)c(F)cc3N2)c(F)c1. The minimum Gasteiger partial charge on any atom is -0.487 e. The summed E-state index contributed by atoms with van der Waals surface area (Å²) >= 11 is 6.18. The summed E-state index contributed by atoms with van der Waals surface area (Å²) in [5, 5.41) is 7.26. The lowest BCUT2D eigenvalue weighted by Gasteiger charge is -2.43. The number of rotatable bonds is 7. The minimum absolute atomic E-state index is 0.0302. The monoisotopic (exact) mass is 576 g/mol. The highest BCUT2D eigenvalue weighted by Gasteiger charge is 2.49. The number of halogens is 5. The molecule has 212 valence electrons. The summed E-state index contributed by atoms with van der Waals surface area (Å²) in [4.78, 5) is 11.8. The maximum Gasteiger partial charge on any atom is 0.338 e. The van der Waals surface area contributed by atoms with Crippen molar-refractivity contribution in [2.24, 2.45) is 11.8 Å². The fraction of sp³-hybridized carbons (Fsp3) is 0.367. The lowest BCUT2D eigenvalue weighted by atomic mass is 9.75. The van der Waals surface area contributed by atoms with E-state index in [1.807, 2.05) is 0 Å². The number of nitrogens with one attached hydrogen (secondary N) is 2. The molecule has 2 aliphatic rings. The van der Waals surface area contributed by atoms with E-state index in [4.69, 9.17) is 16.3 Å². The number of methoxy groups -OCH3 is 1. The highest BCUT2D eigenvalue weighted by atomic mass is 35.5. The Kier molecular flexibility index (Phi) is 8.12. The molecule has 1 atom stereocenters. The van der Waals surface area contributed by atoms with Crippen molar-refractivity contribution in [3.8, 4) is 5.75 Å². The van der Waals surface area contributed by atoms with Gasteiger partial charge in [-0.05, 0) is 48.6 Å². The van der Waals surface area contributed by atoms with Crippen molar-refractivity contribution in [3.05, 3.63) is 87.9 Å². The molecule has 0 aromatic heterocycles. The summed E-state index contributed by atoms with van der Waals surface area (Å²) in [6.45, 7) is -0.141. The normalized spacial score (nSPS) is 17.2. The van der Waals surface area contributed by atoms with Crippen LogP contribution in [-0.4, -0.2) is 19.7 Å². The first kappa shape index (κ1) is 28.1. The Morgan fingerprint density at radius 3 is 1.98 bits per heavy atom. The molecular formula is C30H29ClF4N2O3. The smallest absolute Gasteiger partial charge is 0.338 e. The summed E-state index contributed by atoms with van der Waals surface area (Å²) in [6, 6.07) is 10.9. The number of ether oxygens (including phenoxy) is 2. The summed E-state index contributed by atoms with van der Waals surface area (Å²) in [7, 11) is 1.12. The molecule has 0 amide bonds. The first-order valence-electron chi connectivity index (χ1n) is 13.2. The second-order valence-electron chi connectivity index (χ2n) is 10.3. The van der Waals surface area contributed by atoms with Crippen molar-refractivity contribution in [1.82, 2.24) is 0 Å². The molecule has 1 heterocycles. The Morgan fingerprint density at radius 2 is 1.45 bits per heavy atom. The van der Waals surface area contributed by atoms with Gasteiger partial charge in [-0.3, -0.25) is 0 Å². The van der Waals surface area contributed by atoms with Gasteiger partial charge in [0.05, 0.1) is 30.7 Å². The third kappa shape index (κ3) is 5.44. The number of hydrogen-bond donors (Lipinski definition) is 2. The highest BCUT2D eigenvalue weighted by molar-refractivity contribution is 6.30. The molecule has 3 aromatic carbocycles. The standard InChI is InChI=1S/C30H29ClF4N2O3/c1-39-29(38)18-12-24(34)28(25(35)13-18)40-16-21(17-6-4-2-3-5-7-17)30(19-8-10-20(31)11-9-19)36-26-14-22(32)23(33)15-27(26)37-30/h8-15,17,21,36-37H,2-7,16H2,1H3. The van der Waals surface area contributed by atoms with Gasteiger partial charge in [0.2, 0.25) is 0 Å². The zero-order valence-electron chi connectivity index (χ0n) is 21.8. The van der Waals surface area contributed by atoms with Crippen molar-refractivity contribution in [2.75, 3.05) is 24.4 Å². The van der Waals surface area contributed by atoms with Crippen LogP contribution >= 0.6 is 11.6 Å². The van der Waals surface area contributed by atoms with Gasteiger partial charge >= 0.3 is 5.97 Å². The van der Waals surface area contributed by atoms with E-state index in [2.05, 4.69) is 15.4 Å². The second-order valence-corrected chi connectivity index (χ2v) is 10.7. The molecule has 1 unspecified atom stereocenters. The van der Waals surface area contributed by atoms with Crippen LogP contribution in [0.4, 0.5) is 28.9 Å². The van der Waals surface area contributed by atoms with Crippen LogP contribution < -0.4 is 15.4 Å². The van der Waals surface area contributed by atoms with E-state index in [1.165, 1.54) is 0 Å². The minimum atomic E-state index is -1.14. The summed E-state index contributed by atoms with van der Waals surface area (Å²) in [6.07, 6.45) is 5.72. The Labute approximate surface area is 234 Å². The number of hydrogen-bond acceptors (Lipinski definition) is 5. The van der Waals surface area contributed by atoms with Crippen LogP contribution in [0.2, 0.25) is 5.02 Å². The number of carbonyl (C=O) groups excluding carboxylic acids is 1. The van der Waals surface area contributed by atoms with Crippen LogP contribution in [0.5, 0.6) is 5.75 Å². The third-order valence-electron chi connectivity index (χ3n) is 7.88. The third-order valence-corrected chi connectivity index (χ3v) is 8.13. The van der Waals surface area contributed by atoms with E-state index in [-0.39, 0.29) is 18.1 Å². The predicted octanol–water partition coefficient (Wildman–Crippen LogP) is 8.04. The highest BCUT2D eigenvalue weighted by Crippen LogP contribution is 2.49. The molecule has 1 aliphatic carbocycles. The molecule has 0 spiro atoms. The zero-order chi connectivity index (χ0) is 28.4. The zero-order valence-corrected chi connectivity index (χ0v) is 22.6. The van der Waals surface area contributed by atoms with E-state index in [1.54, 1.807) is 24.3 Å². The van der Waals surface area contributed by atoms with Crippen LogP contribution in [0.1, 0.15) is 54.4 Å². The Bertz CT molecular complexity index is 1340. The molecule has 3 aromatic rings. The van der Waals surface area contributed by atoms with Crippen LogP contribution in [0, 0.1) is 35.1 Å². The number of fused-ring (bicyclic) bond motifs is 1. The Hall–Kier alpha value is -3.46. The first-order chi connectivity index (χ1) is 19.2. The fourth-order valence-electron chi connectivity index (χ4n) is 5.90. The topological polar surface area (TPSA) is 59.6 Å². The molecule has 1 fully saturated rings. The lowest BCUT2D eigenvalue weighted by Crippen LogP contribution is -2.51. The van der Waals surface area contributed by atoms with Gasteiger partial charge in [0.15, 0.2) is 29.0 Å². The molecule has 0 radical (unpaired) electrons. The number of anilines is 2. The van der Waals surface area contributed by atoms with Gasteiger partial charge in [-0.15, -0.1) is 0 Å².